The molecule has 0 bridgehead atoms. The Bertz CT molecular complexity index is 726. The minimum absolute atomic E-state index is 0.0535. The Labute approximate surface area is 157 Å². The van der Waals surface area contributed by atoms with Gasteiger partial charge in [-0.1, -0.05) is 0 Å². The van der Waals surface area contributed by atoms with Crippen LogP contribution in [0.25, 0.3) is 0 Å². The lowest BCUT2D eigenvalue weighted by Crippen LogP contribution is -2.22. The second-order valence-electron chi connectivity index (χ2n) is 5.32. The average Bonchev–Trinajstić information content (AvgIpc) is 2.62. The van der Waals surface area contributed by atoms with Crippen molar-refractivity contribution in [2.45, 2.75) is 19.1 Å². The van der Waals surface area contributed by atoms with Crippen molar-refractivity contribution in [3.63, 3.8) is 0 Å². The van der Waals surface area contributed by atoms with Crippen LogP contribution in [0.5, 0.6) is 5.75 Å². The van der Waals surface area contributed by atoms with Gasteiger partial charge in [0.25, 0.3) is 5.91 Å². The number of thioether (sulfide) groups is 1. The maximum atomic E-state index is 11.6. The highest BCUT2D eigenvalue weighted by molar-refractivity contribution is 8.02. The Morgan fingerprint density at radius 3 is 2.62 bits per heavy atom. The molecule has 140 valence electrons. The molecule has 0 heterocycles. The van der Waals surface area contributed by atoms with Crippen LogP contribution < -0.4 is 15.8 Å². The first kappa shape index (κ1) is 21.5. The fourth-order valence-electron chi connectivity index (χ4n) is 2.11. The molecule has 0 fully saturated rings. The number of Topliss-reactive ketones (excluding diaryl/α,β-unsaturated/α-hetero) is 1. The van der Waals surface area contributed by atoms with E-state index in [0.717, 1.165) is 5.56 Å². The van der Waals surface area contributed by atoms with Gasteiger partial charge in [0.05, 0.1) is 12.1 Å². The van der Waals surface area contributed by atoms with Crippen molar-refractivity contribution >= 4 is 23.5 Å². The lowest BCUT2D eigenvalue weighted by molar-refractivity contribution is -0.114. The lowest BCUT2D eigenvalue weighted by Gasteiger charge is -2.14. The lowest BCUT2D eigenvalue weighted by atomic mass is 10.1. The summed E-state index contributed by atoms with van der Waals surface area (Å²) in [6.45, 7) is 2.57. The predicted octanol–water partition coefficient (Wildman–Crippen LogP) is 1.98. The van der Waals surface area contributed by atoms with Crippen molar-refractivity contribution in [2.24, 2.45) is 5.73 Å². The Morgan fingerprint density at radius 1 is 1.35 bits per heavy atom. The zero-order valence-corrected chi connectivity index (χ0v) is 15.9. The SMILES string of the molecule is COCCCN/C(SCc1cc(C(C)=O)ccc1OC)=C(/C#N)C(N)=O. The molecule has 0 aromatic heterocycles. The zero-order valence-electron chi connectivity index (χ0n) is 15.1. The molecule has 0 saturated heterocycles. The molecular formula is C18H23N3O4S. The quantitative estimate of drug-likeness (QED) is 0.262. The number of rotatable bonds is 11. The predicted molar refractivity (Wildman–Crippen MR) is 101 cm³/mol. The number of amides is 1. The van der Waals surface area contributed by atoms with E-state index in [2.05, 4.69) is 5.32 Å². The van der Waals surface area contributed by atoms with Crippen molar-refractivity contribution in [2.75, 3.05) is 27.4 Å². The number of primary amides is 1. The van der Waals surface area contributed by atoms with Crippen molar-refractivity contribution in [1.29, 1.82) is 5.26 Å². The van der Waals surface area contributed by atoms with E-state index in [4.69, 9.17) is 15.2 Å². The molecular weight excluding hydrogens is 354 g/mol. The number of carbonyl (C=O) groups excluding carboxylic acids is 2. The molecule has 0 unspecified atom stereocenters. The molecule has 1 aromatic carbocycles. The molecule has 0 aliphatic rings. The van der Waals surface area contributed by atoms with E-state index in [-0.39, 0.29) is 11.4 Å². The molecule has 1 rings (SSSR count). The van der Waals surface area contributed by atoms with E-state index in [1.807, 2.05) is 6.07 Å². The topological polar surface area (TPSA) is 114 Å². The number of nitrogens with zero attached hydrogens (tertiary/aromatic N) is 1. The minimum atomic E-state index is -0.793. The zero-order chi connectivity index (χ0) is 19.5. The highest BCUT2D eigenvalue weighted by atomic mass is 32.2. The largest absolute Gasteiger partial charge is 0.496 e. The molecule has 0 spiro atoms. The molecule has 0 atom stereocenters. The van der Waals surface area contributed by atoms with E-state index in [1.54, 1.807) is 32.4 Å². The number of benzene rings is 1. The van der Waals surface area contributed by atoms with Crippen LogP contribution in [-0.2, 0) is 15.3 Å². The summed E-state index contributed by atoms with van der Waals surface area (Å²) in [5, 5.41) is 12.7. The monoisotopic (exact) mass is 377 g/mol. The number of methoxy groups -OCH3 is 2. The van der Waals surface area contributed by atoms with Gasteiger partial charge < -0.3 is 20.5 Å². The molecule has 1 amide bonds. The Balaban J connectivity index is 3.02. The van der Waals surface area contributed by atoms with Crippen LogP contribution in [0.3, 0.4) is 0 Å². The smallest absolute Gasteiger partial charge is 0.262 e. The Morgan fingerprint density at radius 2 is 2.08 bits per heavy atom. The number of nitrogens with two attached hydrogens (primary N) is 1. The van der Waals surface area contributed by atoms with E-state index < -0.39 is 5.91 Å². The number of nitriles is 1. The first-order valence-electron chi connectivity index (χ1n) is 7.92. The molecule has 26 heavy (non-hydrogen) atoms. The molecule has 0 radical (unpaired) electrons. The fraction of sp³-hybridized carbons (Fsp3) is 0.389. The standard InChI is InChI=1S/C18H23N3O4S/c1-12(22)13-5-6-16(25-3)14(9-13)11-26-18(15(10-19)17(20)23)21-7-4-8-24-2/h5-6,9,21H,4,7-8,11H2,1-3H3,(H2,20,23)/b18-15+. The average molecular weight is 377 g/mol. The van der Waals surface area contributed by atoms with Crippen LogP contribution in [0.15, 0.2) is 28.8 Å². The number of ether oxygens (including phenoxy) is 2. The Hall–Kier alpha value is -2.50. The van der Waals surface area contributed by atoms with Gasteiger partial charge in [0.1, 0.15) is 17.4 Å². The summed E-state index contributed by atoms with van der Waals surface area (Å²) < 4.78 is 10.3. The summed E-state index contributed by atoms with van der Waals surface area (Å²) in [5.74, 6) is 0.176. The first-order valence-corrected chi connectivity index (χ1v) is 8.90. The van der Waals surface area contributed by atoms with Crippen LogP contribution in [0, 0.1) is 11.3 Å². The molecule has 8 heteroatoms. The number of nitrogens with one attached hydrogen (secondary N) is 1. The molecule has 1 aromatic rings. The third-order valence-electron chi connectivity index (χ3n) is 3.45. The number of carbonyl (C=O) groups is 2. The van der Waals surface area contributed by atoms with Gasteiger partial charge in [-0.2, -0.15) is 5.26 Å². The highest BCUT2D eigenvalue weighted by Gasteiger charge is 2.15. The summed E-state index contributed by atoms with van der Waals surface area (Å²) in [6.07, 6.45) is 0.709. The summed E-state index contributed by atoms with van der Waals surface area (Å²) in [7, 11) is 3.14. The number of hydrogen-bond acceptors (Lipinski definition) is 7. The molecule has 0 aliphatic carbocycles. The van der Waals surface area contributed by atoms with Gasteiger partial charge in [-0.25, -0.2) is 0 Å². The summed E-state index contributed by atoms with van der Waals surface area (Å²) >= 11 is 1.26. The maximum absolute atomic E-state index is 11.6. The van der Waals surface area contributed by atoms with Gasteiger partial charge in [-0.15, -0.1) is 11.8 Å². The van der Waals surface area contributed by atoms with Gasteiger partial charge in [0.2, 0.25) is 0 Å². The fourth-order valence-corrected chi connectivity index (χ4v) is 3.13. The highest BCUT2D eigenvalue weighted by Crippen LogP contribution is 2.28. The van der Waals surface area contributed by atoms with Crippen molar-refractivity contribution in [1.82, 2.24) is 5.32 Å². The summed E-state index contributed by atoms with van der Waals surface area (Å²) in [5.41, 5.74) is 6.52. The molecule has 7 nitrogen and oxygen atoms in total. The van der Waals surface area contributed by atoms with E-state index in [0.29, 0.717) is 41.7 Å². The van der Waals surface area contributed by atoms with Crippen LogP contribution >= 0.6 is 11.8 Å². The first-order chi connectivity index (χ1) is 12.4. The van der Waals surface area contributed by atoms with Gasteiger partial charge in [-0.05, 0) is 31.5 Å². The second-order valence-corrected chi connectivity index (χ2v) is 6.31. The van der Waals surface area contributed by atoms with Gasteiger partial charge in [0.15, 0.2) is 5.78 Å². The summed E-state index contributed by atoms with van der Waals surface area (Å²) in [4.78, 5) is 23.1. The number of hydrogen-bond donors (Lipinski definition) is 2. The van der Waals surface area contributed by atoms with Gasteiger partial charge in [0, 0.05) is 37.1 Å². The van der Waals surface area contributed by atoms with Crippen molar-refractivity contribution in [3.05, 3.63) is 39.9 Å². The summed E-state index contributed by atoms with van der Waals surface area (Å²) in [6, 6.07) is 7.00. The molecule has 0 aliphatic heterocycles. The van der Waals surface area contributed by atoms with Crippen LogP contribution in [0.1, 0.15) is 29.3 Å². The van der Waals surface area contributed by atoms with E-state index in [1.165, 1.54) is 18.7 Å². The third kappa shape index (κ3) is 6.43. The van der Waals surface area contributed by atoms with E-state index >= 15 is 0 Å². The van der Waals surface area contributed by atoms with Crippen LogP contribution in [-0.4, -0.2) is 39.1 Å². The molecule has 0 saturated carbocycles. The normalized spacial score (nSPS) is 11.3. The Kier molecular flexibility index (Phi) is 9.26. The van der Waals surface area contributed by atoms with Crippen LogP contribution in [0.4, 0.5) is 0 Å². The van der Waals surface area contributed by atoms with Crippen LogP contribution in [0.2, 0.25) is 0 Å². The van der Waals surface area contributed by atoms with Gasteiger partial charge in [-0.3, -0.25) is 9.59 Å². The van der Waals surface area contributed by atoms with E-state index in [9.17, 15) is 14.9 Å². The molecule has 3 N–H and O–H groups in total. The number of ketones is 1. The third-order valence-corrected chi connectivity index (χ3v) is 4.55. The van der Waals surface area contributed by atoms with Gasteiger partial charge >= 0.3 is 0 Å². The van der Waals surface area contributed by atoms with Crippen molar-refractivity contribution < 1.29 is 19.1 Å². The minimum Gasteiger partial charge on any atom is -0.496 e. The second kappa shape index (κ2) is 11.2. The maximum Gasteiger partial charge on any atom is 0.262 e. The van der Waals surface area contributed by atoms with Crippen molar-refractivity contribution in [3.8, 4) is 11.8 Å².